The van der Waals surface area contributed by atoms with E-state index in [4.69, 9.17) is 0 Å². The number of carboxylic acid groups (broad SMARTS) is 1. The molecule has 9 nitrogen and oxygen atoms in total. The van der Waals surface area contributed by atoms with Crippen molar-refractivity contribution in [1.82, 2.24) is 19.9 Å². The van der Waals surface area contributed by atoms with Gasteiger partial charge in [-0.25, -0.2) is 17.9 Å². The monoisotopic (exact) mass is 488 g/mol. The van der Waals surface area contributed by atoms with Gasteiger partial charge in [-0.3, -0.25) is 4.79 Å². The first-order chi connectivity index (χ1) is 15.6. The van der Waals surface area contributed by atoms with Gasteiger partial charge in [0.1, 0.15) is 10.6 Å². The molecule has 0 bridgehead atoms. The number of carbonyl (C=O) groups excluding carboxylic acids is 1. The summed E-state index contributed by atoms with van der Waals surface area (Å²) in [5.41, 5.74) is 3.00. The van der Waals surface area contributed by atoms with Crippen LogP contribution in [0.25, 0.3) is 16.9 Å². The fraction of sp³-hybridized carbons (Fsp3) is 0.364. The summed E-state index contributed by atoms with van der Waals surface area (Å²) in [4.78, 5) is 26.4. The molecule has 3 aromatic rings. The first-order valence-corrected chi connectivity index (χ1v) is 13.3. The van der Waals surface area contributed by atoms with E-state index in [1.54, 1.807) is 34.7 Å². The number of likely N-dealkylation sites (tertiary alicyclic amines) is 1. The van der Waals surface area contributed by atoms with E-state index in [1.165, 1.54) is 10.9 Å². The van der Waals surface area contributed by atoms with Crippen molar-refractivity contribution >= 4 is 33.1 Å². The Labute approximate surface area is 195 Å². The van der Waals surface area contributed by atoms with Gasteiger partial charge in [0.2, 0.25) is 0 Å². The minimum atomic E-state index is -3.22. The Kier molecular flexibility index (Phi) is 6.35. The van der Waals surface area contributed by atoms with Gasteiger partial charge in [-0.15, -0.1) is 16.4 Å². The molecule has 0 spiro atoms. The van der Waals surface area contributed by atoms with Gasteiger partial charge < -0.3 is 10.0 Å². The van der Waals surface area contributed by atoms with E-state index in [9.17, 15) is 23.1 Å². The number of hydrogen-bond donors (Lipinski definition) is 1. The number of benzene rings is 1. The molecule has 11 heteroatoms. The van der Waals surface area contributed by atoms with Gasteiger partial charge >= 0.3 is 5.97 Å². The molecule has 1 N–H and O–H groups in total. The lowest BCUT2D eigenvalue weighted by Gasteiger charge is -2.24. The average Bonchev–Trinajstić information content (AvgIpc) is 3.36. The number of aryl methyl sites for hydroxylation is 1. The molecular weight excluding hydrogens is 464 g/mol. The summed E-state index contributed by atoms with van der Waals surface area (Å²) < 4.78 is 25.6. The lowest BCUT2D eigenvalue weighted by atomic mass is 10.0. The zero-order valence-electron chi connectivity index (χ0n) is 18.3. The van der Waals surface area contributed by atoms with Gasteiger partial charge in [0.05, 0.1) is 17.1 Å². The number of thiophene rings is 1. The second-order valence-electron chi connectivity index (χ2n) is 8.22. The third kappa shape index (κ3) is 4.83. The number of aromatic carboxylic acids is 1. The minimum Gasteiger partial charge on any atom is -0.477 e. The molecule has 174 valence electrons. The quantitative estimate of drug-likeness (QED) is 0.586. The van der Waals surface area contributed by atoms with Crippen molar-refractivity contribution in [3.05, 3.63) is 51.8 Å². The van der Waals surface area contributed by atoms with Gasteiger partial charge in [-0.05, 0) is 48.9 Å². The number of rotatable bonds is 5. The highest BCUT2D eigenvalue weighted by molar-refractivity contribution is 7.91. The molecule has 1 amide bonds. The molecule has 1 unspecified atom stereocenters. The molecule has 1 saturated heterocycles. The summed E-state index contributed by atoms with van der Waals surface area (Å²) in [6, 6.07) is 7.00. The number of amides is 1. The Bertz CT molecular complexity index is 1310. The molecule has 33 heavy (non-hydrogen) atoms. The van der Waals surface area contributed by atoms with Crippen molar-refractivity contribution < 1.29 is 23.1 Å². The number of carboxylic acids is 1. The second-order valence-corrected chi connectivity index (χ2v) is 11.5. The fourth-order valence-corrected chi connectivity index (χ4v) is 5.79. The van der Waals surface area contributed by atoms with Crippen LogP contribution in [-0.4, -0.2) is 69.9 Å². The first kappa shape index (κ1) is 23.1. The maximum absolute atomic E-state index is 13.2. The molecule has 0 saturated carbocycles. The van der Waals surface area contributed by atoms with Crippen molar-refractivity contribution in [3.8, 4) is 16.9 Å². The van der Waals surface area contributed by atoms with Crippen molar-refractivity contribution in [2.45, 2.75) is 31.4 Å². The molecule has 2 aromatic heterocycles. The molecule has 1 fully saturated rings. The van der Waals surface area contributed by atoms with Crippen LogP contribution in [0.3, 0.4) is 0 Å². The van der Waals surface area contributed by atoms with Gasteiger partial charge in [-0.2, -0.15) is 0 Å². The second kappa shape index (κ2) is 9.06. The van der Waals surface area contributed by atoms with Crippen molar-refractivity contribution in [2.24, 2.45) is 0 Å². The molecule has 1 aromatic carbocycles. The Morgan fingerprint density at radius 2 is 2.00 bits per heavy atom. The van der Waals surface area contributed by atoms with Crippen LogP contribution in [0.2, 0.25) is 0 Å². The van der Waals surface area contributed by atoms with Crippen LogP contribution in [0, 0.1) is 6.92 Å². The third-order valence-corrected chi connectivity index (χ3v) is 8.34. The molecule has 1 atom stereocenters. The van der Waals surface area contributed by atoms with Crippen LogP contribution in [0.4, 0.5) is 0 Å². The highest BCUT2D eigenvalue weighted by atomic mass is 32.2. The summed E-state index contributed by atoms with van der Waals surface area (Å²) in [6.45, 7) is 2.57. The lowest BCUT2D eigenvalue weighted by molar-refractivity contribution is 0.0700. The predicted octanol–water partition coefficient (Wildman–Crippen LogP) is 3.04. The maximum Gasteiger partial charge on any atom is 0.348 e. The van der Waals surface area contributed by atoms with Gasteiger partial charge in [0.25, 0.3) is 5.91 Å². The van der Waals surface area contributed by atoms with E-state index in [-0.39, 0.29) is 17.3 Å². The fourth-order valence-electron chi connectivity index (χ4n) is 4.03. The molecule has 1 aliphatic heterocycles. The number of aromatic nitrogens is 3. The van der Waals surface area contributed by atoms with E-state index in [0.29, 0.717) is 29.9 Å². The molecule has 0 radical (unpaired) electrons. The SMILES string of the molecule is Cc1cc(-c2cn(-c3ccsc3C(=O)O)nn2)ccc1C(=O)N1CCCCC(S(C)(=O)=O)C1. The molecule has 0 aliphatic carbocycles. The number of sulfone groups is 1. The molecule has 3 heterocycles. The van der Waals surface area contributed by atoms with Crippen LogP contribution < -0.4 is 0 Å². The summed E-state index contributed by atoms with van der Waals surface area (Å²) in [5, 5.41) is 18.7. The number of hydrogen-bond acceptors (Lipinski definition) is 7. The van der Waals surface area contributed by atoms with Crippen LogP contribution >= 0.6 is 11.3 Å². The third-order valence-electron chi connectivity index (χ3n) is 5.85. The largest absolute Gasteiger partial charge is 0.477 e. The van der Waals surface area contributed by atoms with Crippen molar-refractivity contribution in [1.29, 1.82) is 0 Å². The zero-order chi connectivity index (χ0) is 23.8. The van der Waals surface area contributed by atoms with E-state index < -0.39 is 21.1 Å². The van der Waals surface area contributed by atoms with Gasteiger partial charge in [0, 0.05) is 30.5 Å². The highest BCUT2D eigenvalue weighted by Gasteiger charge is 2.29. The van der Waals surface area contributed by atoms with Crippen molar-refractivity contribution in [3.63, 3.8) is 0 Å². The predicted molar refractivity (Wildman–Crippen MR) is 125 cm³/mol. The lowest BCUT2D eigenvalue weighted by Crippen LogP contribution is -2.39. The summed E-state index contributed by atoms with van der Waals surface area (Å²) >= 11 is 1.11. The van der Waals surface area contributed by atoms with Crippen LogP contribution in [0.15, 0.2) is 35.8 Å². The summed E-state index contributed by atoms with van der Waals surface area (Å²) in [6.07, 6.45) is 5.01. The van der Waals surface area contributed by atoms with E-state index >= 15 is 0 Å². The Balaban J connectivity index is 1.57. The number of nitrogens with zero attached hydrogens (tertiary/aromatic N) is 4. The average molecular weight is 489 g/mol. The minimum absolute atomic E-state index is 0.174. The Hall–Kier alpha value is -3.05. The van der Waals surface area contributed by atoms with E-state index in [2.05, 4.69) is 10.3 Å². The topological polar surface area (TPSA) is 122 Å². The van der Waals surface area contributed by atoms with Crippen molar-refractivity contribution in [2.75, 3.05) is 19.3 Å². The summed E-state index contributed by atoms with van der Waals surface area (Å²) in [7, 11) is -3.22. The maximum atomic E-state index is 13.2. The molecule has 1 aliphatic rings. The highest BCUT2D eigenvalue weighted by Crippen LogP contribution is 2.26. The Morgan fingerprint density at radius 1 is 1.21 bits per heavy atom. The van der Waals surface area contributed by atoms with Crippen LogP contribution in [0.5, 0.6) is 0 Å². The van der Waals surface area contributed by atoms with Crippen LogP contribution in [-0.2, 0) is 9.84 Å². The van der Waals surface area contributed by atoms with Crippen LogP contribution in [0.1, 0.15) is 44.9 Å². The van der Waals surface area contributed by atoms with E-state index in [0.717, 1.165) is 35.3 Å². The number of carbonyl (C=O) groups is 2. The summed E-state index contributed by atoms with van der Waals surface area (Å²) in [5.74, 6) is -1.20. The molecule has 4 rings (SSSR count). The molecular formula is C22H24N4O5S2. The zero-order valence-corrected chi connectivity index (χ0v) is 19.9. The van der Waals surface area contributed by atoms with Gasteiger partial charge in [0.15, 0.2) is 9.84 Å². The smallest absolute Gasteiger partial charge is 0.348 e. The normalized spacial score (nSPS) is 17.0. The van der Waals surface area contributed by atoms with Gasteiger partial charge in [-0.1, -0.05) is 17.7 Å². The Morgan fingerprint density at radius 3 is 2.70 bits per heavy atom. The first-order valence-electron chi connectivity index (χ1n) is 10.5. The van der Waals surface area contributed by atoms with E-state index in [1.807, 2.05) is 13.0 Å². The standard InChI is InChI=1S/C22H24N4O5S2/c1-14-11-15(18-13-26(24-23-18)19-8-10-32-20(19)22(28)29)6-7-17(14)21(27)25-9-4-3-5-16(12-25)33(2,30)31/h6-8,10-11,13,16H,3-5,9,12H2,1-2H3,(H,28,29).